The molecule has 0 bridgehead atoms. The van der Waals surface area contributed by atoms with E-state index in [1.807, 2.05) is 0 Å². The van der Waals surface area contributed by atoms with Crippen molar-refractivity contribution in [2.75, 3.05) is 12.9 Å². The van der Waals surface area contributed by atoms with Crippen LogP contribution in [0.25, 0.3) is 0 Å². The van der Waals surface area contributed by atoms with E-state index in [2.05, 4.69) is 10.00 Å². The summed E-state index contributed by atoms with van der Waals surface area (Å²) >= 11 is 0. The lowest BCUT2D eigenvalue weighted by atomic mass is 9.93. The molecule has 2 N–H and O–H groups in total. The molecule has 4 rings (SSSR count). The molecule has 0 aliphatic carbocycles. The van der Waals surface area contributed by atoms with Gasteiger partial charge in [-0.3, -0.25) is 4.90 Å². The number of hydrogen-bond donors (Lipinski definition) is 1. The van der Waals surface area contributed by atoms with Gasteiger partial charge in [0.15, 0.2) is 0 Å². The zero-order valence-electron chi connectivity index (χ0n) is 14.7. The van der Waals surface area contributed by atoms with Crippen molar-refractivity contribution in [2.24, 2.45) is 5.73 Å². The number of fused-ring (bicyclic) bond motifs is 1. The first-order valence-corrected chi connectivity index (χ1v) is 10.4. The van der Waals surface area contributed by atoms with E-state index >= 15 is 0 Å². The minimum Gasteiger partial charge on any atom is -0.370 e. The monoisotopic (exact) mass is 398 g/mol. The van der Waals surface area contributed by atoms with Gasteiger partial charge in [0.05, 0.1) is 18.6 Å². The van der Waals surface area contributed by atoms with E-state index in [1.54, 1.807) is 0 Å². The molecule has 0 amide bonds. The van der Waals surface area contributed by atoms with E-state index in [1.165, 1.54) is 6.20 Å². The predicted molar refractivity (Wildman–Crippen MR) is 93.1 cm³/mol. The van der Waals surface area contributed by atoms with Crippen molar-refractivity contribution in [1.82, 2.24) is 14.1 Å². The quantitative estimate of drug-likeness (QED) is 0.834. The Morgan fingerprint density at radius 1 is 1.30 bits per heavy atom. The van der Waals surface area contributed by atoms with Gasteiger partial charge in [-0.1, -0.05) is 0 Å². The number of benzene rings is 1. The Balaban J connectivity index is 1.44. The van der Waals surface area contributed by atoms with Crippen molar-refractivity contribution in [1.29, 1.82) is 0 Å². The summed E-state index contributed by atoms with van der Waals surface area (Å²) in [5.74, 6) is -1.07. The minimum atomic E-state index is -3.40. The number of hydrogen-bond acceptors (Lipinski definition) is 6. The summed E-state index contributed by atoms with van der Waals surface area (Å²) in [6.07, 6.45) is 2.49. The van der Waals surface area contributed by atoms with Gasteiger partial charge in [-0.05, 0) is 24.6 Å². The maximum Gasteiger partial charge on any atom is 0.250 e. The average Bonchev–Trinajstić information content (AvgIpc) is 3.16. The number of aromatic nitrogens is 2. The summed E-state index contributed by atoms with van der Waals surface area (Å²) in [4.78, 5) is 2.11. The number of nitrogens with two attached hydrogens (primary N) is 1. The van der Waals surface area contributed by atoms with Crippen LogP contribution in [0.4, 0.5) is 8.78 Å². The van der Waals surface area contributed by atoms with Gasteiger partial charge in [0.25, 0.3) is 10.0 Å². The Morgan fingerprint density at radius 3 is 2.74 bits per heavy atom. The third kappa shape index (κ3) is 3.49. The smallest absolute Gasteiger partial charge is 0.250 e. The maximum absolute atomic E-state index is 14.0. The van der Waals surface area contributed by atoms with Gasteiger partial charge < -0.3 is 10.5 Å². The van der Waals surface area contributed by atoms with Crippen LogP contribution >= 0.6 is 0 Å². The first-order chi connectivity index (χ1) is 12.7. The molecule has 2 aliphatic heterocycles. The van der Waals surface area contributed by atoms with Crippen LogP contribution in [0.1, 0.15) is 29.3 Å². The predicted octanol–water partition coefficient (Wildman–Crippen LogP) is 1.14. The van der Waals surface area contributed by atoms with Crippen LogP contribution < -0.4 is 5.73 Å². The summed E-state index contributed by atoms with van der Waals surface area (Å²) in [7, 11) is -3.40. The fourth-order valence-corrected chi connectivity index (χ4v) is 4.30. The molecule has 3 atom stereocenters. The lowest BCUT2D eigenvalue weighted by molar-refractivity contribution is -0.0533. The zero-order chi connectivity index (χ0) is 19.3. The van der Waals surface area contributed by atoms with E-state index in [0.717, 1.165) is 34.1 Å². The lowest BCUT2D eigenvalue weighted by Gasteiger charge is -2.38. The maximum atomic E-state index is 14.0. The Bertz CT molecular complexity index is 955. The van der Waals surface area contributed by atoms with Gasteiger partial charge in [-0.25, -0.2) is 17.2 Å². The van der Waals surface area contributed by atoms with Crippen molar-refractivity contribution in [3.8, 4) is 0 Å². The van der Waals surface area contributed by atoms with Crippen LogP contribution in [0.5, 0.6) is 0 Å². The summed E-state index contributed by atoms with van der Waals surface area (Å²) in [5, 5.41) is 4.13. The molecule has 1 aromatic carbocycles. The number of halogens is 2. The van der Waals surface area contributed by atoms with Crippen molar-refractivity contribution in [3.63, 3.8) is 0 Å². The molecule has 3 heterocycles. The van der Waals surface area contributed by atoms with Crippen LogP contribution in [-0.4, -0.2) is 47.4 Å². The van der Waals surface area contributed by atoms with E-state index in [-0.39, 0.29) is 11.6 Å². The van der Waals surface area contributed by atoms with E-state index in [9.17, 15) is 17.2 Å². The van der Waals surface area contributed by atoms with Gasteiger partial charge in [-0.15, -0.1) is 0 Å². The van der Waals surface area contributed by atoms with Gasteiger partial charge in [0.2, 0.25) is 0 Å². The molecule has 7 nitrogen and oxygen atoms in total. The van der Waals surface area contributed by atoms with E-state index in [0.29, 0.717) is 31.8 Å². The Labute approximate surface area is 155 Å². The van der Waals surface area contributed by atoms with Crippen molar-refractivity contribution < 1.29 is 21.9 Å². The average molecular weight is 398 g/mol. The highest BCUT2D eigenvalue weighted by molar-refractivity contribution is 7.89. The Hall–Kier alpha value is -1.88. The molecule has 0 saturated carbocycles. The SMILES string of the molecule is CS(=O)(=O)n1cc2c(n1)CN([C@H]1CO[C@H](c3cc(F)ccc3F)[C@H](N)C1)C2. The normalized spacial score (nSPS) is 26.3. The van der Waals surface area contributed by atoms with Crippen molar-refractivity contribution in [3.05, 3.63) is 52.9 Å². The first-order valence-electron chi connectivity index (χ1n) is 8.56. The summed E-state index contributed by atoms with van der Waals surface area (Å²) < 4.78 is 57.4. The molecule has 0 spiro atoms. The zero-order valence-corrected chi connectivity index (χ0v) is 15.5. The third-order valence-electron chi connectivity index (χ3n) is 5.10. The minimum absolute atomic E-state index is 0.00578. The summed E-state index contributed by atoms with van der Waals surface area (Å²) in [6, 6.07) is 2.78. The van der Waals surface area contributed by atoms with Gasteiger partial charge in [0.1, 0.15) is 17.7 Å². The molecule has 0 radical (unpaired) electrons. The first kappa shape index (κ1) is 18.5. The van der Waals surface area contributed by atoms with Crippen LogP contribution in [0.15, 0.2) is 24.4 Å². The number of nitrogens with zero attached hydrogens (tertiary/aromatic N) is 3. The lowest BCUT2D eigenvalue weighted by Crippen LogP contribution is -2.47. The Kier molecular flexibility index (Phi) is 4.53. The highest BCUT2D eigenvalue weighted by Gasteiger charge is 2.37. The number of rotatable bonds is 3. The topological polar surface area (TPSA) is 90.5 Å². The van der Waals surface area contributed by atoms with Crippen LogP contribution in [-0.2, 0) is 27.8 Å². The number of ether oxygens (including phenoxy) is 1. The molecule has 0 unspecified atom stereocenters. The Morgan fingerprint density at radius 2 is 2.07 bits per heavy atom. The molecule has 2 aromatic rings. The molecule has 1 fully saturated rings. The molecule has 2 aliphatic rings. The summed E-state index contributed by atoms with van der Waals surface area (Å²) in [6.45, 7) is 1.37. The highest BCUT2D eigenvalue weighted by Crippen LogP contribution is 2.34. The van der Waals surface area contributed by atoms with Crippen LogP contribution in [0.3, 0.4) is 0 Å². The third-order valence-corrected chi connectivity index (χ3v) is 5.97. The molecular formula is C17H20F2N4O3S. The molecule has 1 saturated heterocycles. The van der Waals surface area contributed by atoms with E-state index < -0.39 is 33.8 Å². The van der Waals surface area contributed by atoms with E-state index in [4.69, 9.17) is 10.5 Å². The summed E-state index contributed by atoms with van der Waals surface area (Å²) in [5.41, 5.74) is 7.91. The second kappa shape index (κ2) is 6.62. The largest absolute Gasteiger partial charge is 0.370 e. The van der Waals surface area contributed by atoms with Crippen LogP contribution in [0.2, 0.25) is 0 Å². The fraction of sp³-hybridized carbons (Fsp3) is 0.471. The van der Waals surface area contributed by atoms with Crippen molar-refractivity contribution in [2.45, 2.75) is 37.7 Å². The molecular weight excluding hydrogens is 378 g/mol. The molecule has 1 aromatic heterocycles. The fourth-order valence-electron chi connectivity index (χ4n) is 3.73. The van der Waals surface area contributed by atoms with Crippen LogP contribution in [0, 0.1) is 11.6 Å². The second-order valence-electron chi connectivity index (χ2n) is 7.11. The van der Waals surface area contributed by atoms with Gasteiger partial charge in [-0.2, -0.15) is 9.19 Å². The van der Waals surface area contributed by atoms with Gasteiger partial charge >= 0.3 is 0 Å². The highest BCUT2D eigenvalue weighted by atomic mass is 32.2. The molecule has 10 heteroatoms. The molecule has 146 valence electrons. The molecule has 27 heavy (non-hydrogen) atoms. The second-order valence-corrected chi connectivity index (χ2v) is 8.95. The van der Waals surface area contributed by atoms with Gasteiger partial charge in [0, 0.05) is 42.5 Å². The standard InChI is InChI=1S/C17H20F2N4O3S/c1-27(24,25)23-7-10-6-22(8-16(10)21-23)12-5-15(20)17(26-9-12)13-4-11(18)2-3-14(13)19/h2-4,7,12,15,17H,5-6,8-9,20H2,1H3/t12-,15-,17-/m1/s1. The van der Waals surface area contributed by atoms with Crippen molar-refractivity contribution >= 4 is 10.0 Å².